The number of benzene rings is 1. The van der Waals surface area contributed by atoms with E-state index < -0.39 is 5.54 Å². The highest BCUT2D eigenvalue weighted by molar-refractivity contribution is 6.30. The van der Waals surface area contributed by atoms with Crippen LogP contribution in [0.15, 0.2) is 24.3 Å². The Morgan fingerprint density at radius 1 is 1.38 bits per heavy atom. The molecule has 0 radical (unpaired) electrons. The summed E-state index contributed by atoms with van der Waals surface area (Å²) in [5, 5.41) is 0.638. The van der Waals surface area contributed by atoms with E-state index in [4.69, 9.17) is 23.1 Å². The first-order chi connectivity index (χ1) is 7.29. The van der Waals surface area contributed by atoms with Crippen LogP contribution in [0.1, 0.15) is 31.7 Å². The summed E-state index contributed by atoms with van der Waals surface area (Å²) in [4.78, 5) is 11.4. The van der Waals surface area contributed by atoms with E-state index in [1.54, 1.807) is 12.1 Å². The molecule has 0 saturated heterocycles. The maximum atomic E-state index is 11.4. The first-order valence-electron chi connectivity index (χ1n) is 5.13. The van der Waals surface area contributed by atoms with Crippen LogP contribution in [0, 0.1) is 0 Å². The molecule has 1 amide bonds. The number of hydrogen-bond donors (Lipinski definition) is 2. The predicted octanol–water partition coefficient (Wildman–Crippen LogP) is 2.04. The number of nitrogens with two attached hydrogens (primary N) is 2. The smallest absolute Gasteiger partial charge is 0.225 e. The summed E-state index contributed by atoms with van der Waals surface area (Å²) >= 11 is 5.79. The highest BCUT2D eigenvalue weighted by Gasteiger charge is 2.24. The lowest BCUT2D eigenvalue weighted by Crippen LogP contribution is -2.37. The van der Waals surface area contributed by atoms with Gasteiger partial charge in [0.15, 0.2) is 0 Å². The highest BCUT2D eigenvalue weighted by Crippen LogP contribution is 2.25. The number of halogens is 1. The molecular weight excluding hydrogens is 224 g/mol. The van der Waals surface area contributed by atoms with Gasteiger partial charge in [-0.1, -0.05) is 23.7 Å². The van der Waals surface area contributed by atoms with Crippen LogP contribution in [0.3, 0.4) is 0 Å². The van der Waals surface area contributed by atoms with Gasteiger partial charge in [-0.25, -0.2) is 0 Å². The molecule has 0 spiro atoms. The Labute approximate surface area is 101 Å². The molecule has 0 aromatic heterocycles. The number of amides is 1. The van der Waals surface area contributed by atoms with Gasteiger partial charge in [0.2, 0.25) is 5.91 Å². The topological polar surface area (TPSA) is 69.1 Å². The molecule has 0 aliphatic carbocycles. The zero-order valence-corrected chi connectivity index (χ0v) is 10.3. The summed E-state index contributed by atoms with van der Waals surface area (Å²) < 4.78 is 0. The third-order valence-electron chi connectivity index (χ3n) is 2.35. The van der Waals surface area contributed by atoms with E-state index in [1.807, 2.05) is 26.0 Å². The second-order valence-electron chi connectivity index (χ2n) is 4.70. The van der Waals surface area contributed by atoms with Crippen molar-refractivity contribution < 1.29 is 4.79 Å². The molecule has 1 aromatic carbocycles. The molecule has 0 heterocycles. The van der Waals surface area contributed by atoms with E-state index in [0.717, 1.165) is 5.56 Å². The fraction of sp³-hybridized carbons (Fsp3) is 0.417. The fourth-order valence-electron chi connectivity index (χ4n) is 1.60. The predicted molar refractivity (Wildman–Crippen MR) is 66.3 cm³/mol. The van der Waals surface area contributed by atoms with Crippen LogP contribution in [0.2, 0.25) is 5.02 Å². The zero-order valence-electron chi connectivity index (χ0n) is 9.53. The molecule has 16 heavy (non-hydrogen) atoms. The third-order valence-corrected chi connectivity index (χ3v) is 2.60. The summed E-state index contributed by atoms with van der Waals surface area (Å²) in [5.41, 5.74) is 11.7. The third kappa shape index (κ3) is 3.83. The van der Waals surface area contributed by atoms with E-state index in [2.05, 4.69) is 0 Å². The maximum Gasteiger partial charge on any atom is 0.225 e. The van der Waals surface area contributed by atoms with Crippen molar-refractivity contribution in [3.8, 4) is 0 Å². The fourth-order valence-corrected chi connectivity index (χ4v) is 1.73. The Balaban J connectivity index is 2.94. The van der Waals surface area contributed by atoms with Crippen LogP contribution in [-0.2, 0) is 4.79 Å². The molecule has 0 fully saturated rings. The maximum absolute atomic E-state index is 11.4. The number of carbonyl (C=O) groups excluding carboxylic acids is 1. The lowest BCUT2D eigenvalue weighted by Gasteiger charge is -2.24. The number of hydrogen-bond acceptors (Lipinski definition) is 2. The van der Waals surface area contributed by atoms with Crippen LogP contribution in [-0.4, -0.2) is 11.4 Å². The SMILES string of the molecule is CC(C)(N)CC(C(N)=O)c1ccc(Cl)cc1. The van der Waals surface area contributed by atoms with E-state index in [1.165, 1.54) is 0 Å². The minimum absolute atomic E-state index is 0.360. The van der Waals surface area contributed by atoms with Gasteiger partial charge in [-0.3, -0.25) is 4.79 Å². The summed E-state index contributed by atoms with van der Waals surface area (Å²) in [6.45, 7) is 3.75. The lowest BCUT2D eigenvalue weighted by molar-refractivity contribution is -0.119. The van der Waals surface area contributed by atoms with Crippen LogP contribution in [0.4, 0.5) is 0 Å². The Bertz CT molecular complexity index is 368. The van der Waals surface area contributed by atoms with Crippen LogP contribution >= 0.6 is 11.6 Å². The Morgan fingerprint density at radius 2 is 1.88 bits per heavy atom. The van der Waals surface area contributed by atoms with Gasteiger partial charge in [0.05, 0.1) is 5.92 Å². The molecule has 1 rings (SSSR count). The van der Waals surface area contributed by atoms with Gasteiger partial charge < -0.3 is 11.5 Å². The van der Waals surface area contributed by atoms with Gasteiger partial charge in [0.25, 0.3) is 0 Å². The van der Waals surface area contributed by atoms with Crippen LogP contribution < -0.4 is 11.5 Å². The Kier molecular flexibility index (Phi) is 3.94. The molecule has 4 heteroatoms. The van der Waals surface area contributed by atoms with E-state index in [9.17, 15) is 4.79 Å². The molecule has 0 aliphatic rings. The molecule has 0 saturated carbocycles. The van der Waals surface area contributed by atoms with Crippen LogP contribution in [0.5, 0.6) is 0 Å². The van der Waals surface area contributed by atoms with E-state index in [0.29, 0.717) is 11.4 Å². The molecule has 4 N–H and O–H groups in total. The molecule has 1 atom stereocenters. The van der Waals surface area contributed by atoms with E-state index >= 15 is 0 Å². The van der Waals surface area contributed by atoms with Crippen molar-refractivity contribution in [3.05, 3.63) is 34.9 Å². The van der Waals surface area contributed by atoms with Crippen molar-refractivity contribution >= 4 is 17.5 Å². The number of rotatable bonds is 4. The van der Waals surface area contributed by atoms with Gasteiger partial charge in [-0.15, -0.1) is 0 Å². The number of carbonyl (C=O) groups is 1. The second-order valence-corrected chi connectivity index (χ2v) is 5.14. The van der Waals surface area contributed by atoms with Crippen molar-refractivity contribution in [2.75, 3.05) is 0 Å². The largest absolute Gasteiger partial charge is 0.369 e. The minimum atomic E-state index is -0.431. The summed E-state index contributed by atoms with van der Waals surface area (Å²) in [7, 11) is 0. The molecule has 88 valence electrons. The summed E-state index contributed by atoms with van der Waals surface area (Å²) in [6, 6.07) is 7.11. The van der Waals surface area contributed by atoms with Crippen molar-refractivity contribution in [1.82, 2.24) is 0 Å². The quantitative estimate of drug-likeness (QED) is 0.846. The first-order valence-corrected chi connectivity index (χ1v) is 5.51. The van der Waals surface area contributed by atoms with Gasteiger partial charge >= 0.3 is 0 Å². The summed E-state index contributed by atoms with van der Waals surface area (Å²) in [6.07, 6.45) is 0.518. The summed E-state index contributed by atoms with van der Waals surface area (Å²) in [5.74, 6) is -0.724. The molecule has 3 nitrogen and oxygen atoms in total. The normalized spacial score (nSPS) is 13.5. The van der Waals surface area contributed by atoms with Crippen molar-refractivity contribution in [2.24, 2.45) is 11.5 Å². The zero-order chi connectivity index (χ0) is 12.3. The van der Waals surface area contributed by atoms with Gasteiger partial charge in [0.1, 0.15) is 0 Å². The van der Waals surface area contributed by atoms with Crippen molar-refractivity contribution in [2.45, 2.75) is 31.7 Å². The first kappa shape index (κ1) is 13.0. The van der Waals surface area contributed by atoms with Gasteiger partial charge in [-0.05, 0) is 38.0 Å². The monoisotopic (exact) mass is 240 g/mol. The molecule has 1 aromatic rings. The van der Waals surface area contributed by atoms with Crippen LogP contribution in [0.25, 0.3) is 0 Å². The van der Waals surface area contributed by atoms with E-state index in [-0.39, 0.29) is 11.8 Å². The molecule has 0 aliphatic heterocycles. The lowest BCUT2D eigenvalue weighted by atomic mass is 9.86. The Morgan fingerprint density at radius 3 is 2.25 bits per heavy atom. The Hall–Kier alpha value is -1.06. The molecular formula is C12H17ClN2O. The number of primary amides is 1. The van der Waals surface area contributed by atoms with Gasteiger partial charge in [0, 0.05) is 10.6 Å². The molecule has 1 unspecified atom stereocenters. The second kappa shape index (κ2) is 4.85. The van der Waals surface area contributed by atoms with Gasteiger partial charge in [-0.2, -0.15) is 0 Å². The molecule has 0 bridgehead atoms. The standard InChI is InChI=1S/C12H17ClN2O/c1-12(2,15)7-10(11(14)16)8-3-5-9(13)6-4-8/h3-6,10H,7,15H2,1-2H3,(H2,14,16). The van der Waals surface area contributed by atoms with Crippen molar-refractivity contribution in [3.63, 3.8) is 0 Å². The average molecular weight is 241 g/mol. The average Bonchev–Trinajstić information content (AvgIpc) is 2.14. The minimum Gasteiger partial charge on any atom is -0.369 e. The van der Waals surface area contributed by atoms with Crippen molar-refractivity contribution in [1.29, 1.82) is 0 Å². The highest BCUT2D eigenvalue weighted by atomic mass is 35.5.